The Hall–Kier alpha value is -4.62. The highest BCUT2D eigenvalue weighted by Gasteiger charge is 2.22. The summed E-state index contributed by atoms with van der Waals surface area (Å²) in [6.45, 7) is 0.640. The van der Waals surface area contributed by atoms with Gasteiger partial charge in [-0.2, -0.15) is 5.10 Å². The molecular formula is C29H26F2N8O2S. The highest BCUT2D eigenvalue weighted by atomic mass is 32.2. The van der Waals surface area contributed by atoms with Crippen molar-refractivity contribution in [3.05, 3.63) is 77.9 Å². The second kappa shape index (κ2) is 10.7. The SMILES string of the molecule is CN(C)Cc1cncc(-c2ncc3[nH]nc(-c4nc5c(-c6cc(F)cc(CCS(C)(=O)=O)c6)nccc5[nH]4)c3c2F)c1. The molecule has 1 aromatic carbocycles. The van der Waals surface area contributed by atoms with E-state index in [1.165, 1.54) is 18.3 Å². The third kappa shape index (κ3) is 5.48. The van der Waals surface area contributed by atoms with Gasteiger partial charge in [0.1, 0.15) is 32.6 Å². The standard InChI is InChI=1S/C29H26F2N8O2S/c1-39(2)15-17-9-19(13-32-12-17)25-24(31)23-22(14-34-25)37-38-28(23)29-35-21-4-6-33-26(27(21)36-29)18-8-16(10-20(30)11-18)5-7-42(3,40)41/h4,6,8-14H,5,7,15H2,1-3H3,(H,35,36)(H,37,38). The maximum atomic E-state index is 16.1. The Balaban J connectivity index is 1.43. The number of aromatic amines is 2. The highest BCUT2D eigenvalue weighted by molar-refractivity contribution is 7.90. The first kappa shape index (κ1) is 27.5. The molecule has 13 heteroatoms. The van der Waals surface area contributed by atoms with E-state index in [1.54, 1.807) is 30.7 Å². The average Bonchev–Trinajstić information content (AvgIpc) is 3.56. The summed E-state index contributed by atoms with van der Waals surface area (Å²) < 4.78 is 53.9. The number of pyridine rings is 3. The van der Waals surface area contributed by atoms with Crippen LogP contribution in [0.1, 0.15) is 11.1 Å². The summed E-state index contributed by atoms with van der Waals surface area (Å²) in [4.78, 5) is 22.9. The molecule has 6 rings (SSSR count). The molecule has 0 aliphatic carbocycles. The Kier molecular flexibility index (Phi) is 6.99. The van der Waals surface area contributed by atoms with Gasteiger partial charge in [0.2, 0.25) is 0 Å². The van der Waals surface area contributed by atoms with Gasteiger partial charge in [-0.1, -0.05) is 0 Å². The predicted octanol–water partition coefficient (Wildman–Crippen LogP) is 4.55. The van der Waals surface area contributed by atoms with Gasteiger partial charge in [-0.05, 0) is 62.0 Å². The summed E-state index contributed by atoms with van der Waals surface area (Å²) in [5.74, 6) is -0.908. The van der Waals surface area contributed by atoms with Crippen LogP contribution in [-0.2, 0) is 22.8 Å². The van der Waals surface area contributed by atoms with Crippen LogP contribution in [0.5, 0.6) is 0 Å². The molecule has 0 fully saturated rings. The molecular weight excluding hydrogens is 562 g/mol. The summed E-state index contributed by atoms with van der Waals surface area (Å²) in [6.07, 6.45) is 7.67. The number of rotatable bonds is 8. The molecule has 0 saturated heterocycles. The fraction of sp³-hybridized carbons (Fsp3) is 0.207. The topological polar surface area (TPSA) is 133 Å². The van der Waals surface area contributed by atoms with Gasteiger partial charge in [-0.15, -0.1) is 0 Å². The van der Waals surface area contributed by atoms with Crippen LogP contribution in [-0.4, -0.2) is 74.5 Å². The number of aromatic nitrogens is 7. The van der Waals surface area contributed by atoms with Crippen molar-refractivity contribution in [1.82, 2.24) is 40.0 Å². The molecule has 5 aromatic heterocycles. The number of halogens is 2. The number of fused-ring (bicyclic) bond motifs is 2. The molecule has 0 unspecified atom stereocenters. The van der Waals surface area contributed by atoms with Crippen molar-refractivity contribution in [3.8, 4) is 34.0 Å². The van der Waals surface area contributed by atoms with Crippen LogP contribution in [0.25, 0.3) is 56.0 Å². The number of sulfone groups is 1. The minimum Gasteiger partial charge on any atom is -0.336 e. The maximum Gasteiger partial charge on any atom is 0.161 e. The van der Waals surface area contributed by atoms with Crippen molar-refractivity contribution in [2.75, 3.05) is 26.1 Å². The Morgan fingerprint density at radius 1 is 0.905 bits per heavy atom. The van der Waals surface area contributed by atoms with Gasteiger partial charge >= 0.3 is 0 Å². The van der Waals surface area contributed by atoms with Crippen LogP contribution >= 0.6 is 0 Å². The molecule has 0 amide bonds. The monoisotopic (exact) mass is 588 g/mol. The van der Waals surface area contributed by atoms with E-state index >= 15 is 4.39 Å². The Morgan fingerprint density at radius 3 is 2.50 bits per heavy atom. The lowest BCUT2D eigenvalue weighted by atomic mass is 10.0. The van der Waals surface area contributed by atoms with Crippen LogP contribution in [0.2, 0.25) is 0 Å². The van der Waals surface area contributed by atoms with E-state index in [9.17, 15) is 12.8 Å². The van der Waals surface area contributed by atoms with Crippen LogP contribution in [0.15, 0.2) is 55.1 Å². The molecule has 0 aliphatic heterocycles. The van der Waals surface area contributed by atoms with Crippen molar-refractivity contribution in [2.24, 2.45) is 0 Å². The molecule has 0 bridgehead atoms. The highest BCUT2D eigenvalue weighted by Crippen LogP contribution is 2.34. The van der Waals surface area contributed by atoms with E-state index in [4.69, 9.17) is 4.98 Å². The second-order valence-electron chi connectivity index (χ2n) is 10.5. The van der Waals surface area contributed by atoms with Crippen LogP contribution in [0.3, 0.4) is 0 Å². The van der Waals surface area contributed by atoms with Crippen LogP contribution < -0.4 is 0 Å². The van der Waals surface area contributed by atoms with Gasteiger partial charge < -0.3 is 9.88 Å². The van der Waals surface area contributed by atoms with Crippen molar-refractivity contribution in [1.29, 1.82) is 0 Å². The number of nitrogens with zero attached hydrogens (tertiary/aromatic N) is 6. The lowest BCUT2D eigenvalue weighted by Crippen LogP contribution is -2.10. The number of hydrogen-bond acceptors (Lipinski definition) is 8. The van der Waals surface area contributed by atoms with Gasteiger partial charge in [0.25, 0.3) is 0 Å². The third-order valence-electron chi connectivity index (χ3n) is 6.73. The summed E-state index contributed by atoms with van der Waals surface area (Å²) in [5.41, 5.74) is 4.60. The Morgan fingerprint density at radius 2 is 1.71 bits per heavy atom. The first-order valence-corrected chi connectivity index (χ1v) is 15.1. The van der Waals surface area contributed by atoms with E-state index in [1.807, 2.05) is 25.1 Å². The molecule has 10 nitrogen and oxygen atoms in total. The minimum absolute atomic E-state index is 0.106. The van der Waals surface area contributed by atoms with Crippen molar-refractivity contribution >= 4 is 31.8 Å². The van der Waals surface area contributed by atoms with Gasteiger partial charge in [0.05, 0.1) is 34.1 Å². The van der Waals surface area contributed by atoms with E-state index in [2.05, 4.69) is 30.1 Å². The average molecular weight is 589 g/mol. The largest absolute Gasteiger partial charge is 0.336 e. The molecule has 214 valence electrons. The van der Waals surface area contributed by atoms with E-state index in [-0.39, 0.29) is 34.8 Å². The quantitative estimate of drug-likeness (QED) is 0.265. The molecule has 5 heterocycles. The fourth-order valence-corrected chi connectivity index (χ4v) is 5.52. The van der Waals surface area contributed by atoms with Gasteiger partial charge in [-0.3, -0.25) is 20.1 Å². The van der Waals surface area contributed by atoms with Crippen LogP contribution in [0, 0.1) is 11.6 Å². The number of hydrogen-bond donors (Lipinski definition) is 2. The number of imidazole rings is 1. The normalized spacial score (nSPS) is 12.1. The van der Waals surface area contributed by atoms with Gasteiger partial charge in [0, 0.05) is 42.5 Å². The number of benzene rings is 1. The first-order valence-electron chi connectivity index (χ1n) is 13.0. The molecule has 42 heavy (non-hydrogen) atoms. The predicted molar refractivity (Wildman–Crippen MR) is 156 cm³/mol. The lowest BCUT2D eigenvalue weighted by molar-refractivity contribution is 0.402. The number of H-pyrrole nitrogens is 2. The number of aryl methyl sites for hydroxylation is 1. The molecule has 6 aromatic rings. The Bertz CT molecular complexity index is 2070. The summed E-state index contributed by atoms with van der Waals surface area (Å²) in [5, 5.41) is 7.37. The Labute approximate surface area is 239 Å². The fourth-order valence-electron chi connectivity index (χ4n) is 4.91. The number of nitrogens with one attached hydrogen (secondary N) is 2. The van der Waals surface area contributed by atoms with E-state index in [0.717, 1.165) is 11.8 Å². The molecule has 0 aliphatic rings. The zero-order valence-corrected chi connectivity index (χ0v) is 23.8. The summed E-state index contributed by atoms with van der Waals surface area (Å²) >= 11 is 0. The minimum atomic E-state index is -3.22. The molecule has 0 saturated carbocycles. The lowest BCUT2D eigenvalue weighted by Gasteiger charge is -2.10. The van der Waals surface area contributed by atoms with E-state index < -0.39 is 21.5 Å². The zero-order valence-electron chi connectivity index (χ0n) is 23.0. The molecule has 2 N–H and O–H groups in total. The van der Waals surface area contributed by atoms with Gasteiger partial charge in [0.15, 0.2) is 11.6 Å². The maximum absolute atomic E-state index is 16.1. The van der Waals surface area contributed by atoms with Gasteiger partial charge in [-0.25, -0.2) is 22.2 Å². The van der Waals surface area contributed by atoms with Crippen molar-refractivity contribution < 1.29 is 17.2 Å². The van der Waals surface area contributed by atoms with E-state index in [0.29, 0.717) is 45.5 Å². The van der Waals surface area contributed by atoms with Crippen LogP contribution in [0.4, 0.5) is 8.78 Å². The van der Waals surface area contributed by atoms with Crippen molar-refractivity contribution in [2.45, 2.75) is 13.0 Å². The summed E-state index contributed by atoms with van der Waals surface area (Å²) in [7, 11) is 0.656. The summed E-state index contributed by atoms with van der Waals surface area (Å²) in [6, 6.07) is 7.89. The smallest absolute Gasteiger partial charge is 0.161 e. The van der Waals surface area contributed by atoms with Crippen molar-refractivity contribution in [3.63, 3.8) is 0 Å². The second-order valence-corrected chi connectivity index (χ2v) is 12.7. The molecule has 0 radical (unpaired) electrons. The third-order valence-corrected chi connectivity index (χ3v) is 7.68. The molecule has 0 atom stereocenters. The zero-order chi connectivity index (χ0) is 29.6. The molecule has 0 spiro atoms. The first-order chi connectivity index (χ1) is 20.1.